The lowest BCUT2D eigenvalue weighted by molar-refractivity contribution is 0.190. The van der Waals surface area contributed by atoms with Crippen molar-refractivity contribution in [2.75, 3.05) is 55.7 Å². The number of nitrogens with two attached hydrogens (primary N) is 1. The van der Waals surface area contributed by atoms with E-state index in [4.69, 9.17) is 20.2 Å². The highest BCUT2D eigenvalue weighted by atomic mass is 16.5. The lowest BCUT2D eigenvalue weighted by atomic mass is 10.1. The topological polar surface area (TPSA) is 121 Å². The summed E-state index contributed by atoms with van der Waals surface area (Å²) >= 11 is 0. The second kappa shape index (κ2) is 12.2. The lowest BCUT2D eigenvalue weighted by Gasteiger charge is -2.43. The van der Waals surface area contributed by atoms with E-state index in [1.165, 1.54) is 0 Å². The van der Waals surface area contributed by atoms with Gasteiger partial charge in [0, 0.05) is 45.0 Å². The first-order valence-corrected chi connectivity index (χ1v) is 13.9. The zero-order valence-corrected chi connectivity index (χ0v) is 23.0. The number of piperazine rings is 1. The second-order valence-electron chi connectivity index (χ2n) is 9.76. The lowest BCUT2D eigenvalue weighted by Crippen LogP contribution is -2.57. The van der Waals surface area contributed by atoms with Crippen molar-refractivity contribution in [2.45, 2.75) is 32.7 Å². The van der Waals surface area contributed by atoms with Gasteiger partial charge in [0.05, 0.1) is 29.1 Å². The largest absolute Gasteiger partial charge is 0.477 e. The summed E-state index contributed by atoms with van der Waals surface area (Å²) < 4.78 is 11.8. The number of carbonyl (C=O) groups is 1. The van der Waals surface area contributed by atoms with Gasteiger partial charge in [0.25, 0.3) is 0 Å². The highest BCUT2D eigenvalue weighted by molar-refractivity contribution is 5.96. The number of aromatic nitrogens is 2. The molecule has 10 nitrogen and oxygen atoms in total. The maximum Gasteiger partial charge on any atom is 0.324 e. The summed E-state index contributed by atoms with van der Waals surface area (Å²) in [5.41, 5.74) is 10.5. The van der Waals surface area contributed by atoms with Crippen LogP contribution in [0.3, 0.4) is 0 Å². The molecule has 1 saturated heterocycles. The molecular formula is C30H35N7O3. The minimum atomic E-state index is -0.0485. The van der Waals surface area contributed by atoms with Crippen LogP contribution in [0.15, 0.2) is 48.7 Å². The number of anilines is 2. The Morgan fingerprint density at radius 3 is 2.75 bits per heavy atom. The van der Waals surface area contributed by atoms with E-state index in [2.05, 4.69) is 22.9 Å². The standard InChI is InChI=1S/C30H35N7O3/c1-3-23-20-35(30(38)37-15-12-21-7-5-8-22(19-32)27(21)37)16-17-36(23)26-11-10-25(34-29(26)40-18-13-31)24-9-6-14-33-28(24)39-4-2/h5-11,14,23H,3-4,12-13,15-18,20,31H2,1-2H3/t23-/m1/s1. The van der Waals surface area contributed by atoms with E-state index in [1.54, 1.807) is 17.2 Å². The van der Waals surface area contributed by atoms with Crippen LogP contribution in [0.4, 0.5) is 16.2 Å². The Balaban J connectivity index is 1.39. The van der Waals surface area contributed by atoms with Crippen molar-refractivity contribution in [1.82, 2.24) is 14.9 Å². The second-order valence-corrected chi connectivity index (χ2v) is 9.76. The predicted octanol–water partition coefficient (Wildman–Crippen LogP) is 3.83. The van der Waals surface area contributed by atoms with Crippen LogP contribution in [-0.2, 0) is 6.42 Å². The molecule has 0 aliphatic carbocycles. The number of amides is 2. The van der Waals surface area contributed by atoms with Gasteiger partial charge in [-0.1, -0.05) is 19.1 Å². The molecule has 0 unspecified atom stereocenters. The summed E-state index contributed by atoms with van der Waals surface area (Å²) in [5.74, 6) is 1.02. The summed E-state index contributed by atoms with van der Waals surface area (Å²) in [6.07, 6.45) is 3.29. The fourth-order valence-electron chi connectivity index (χ4n) is 5.50. The summed E-state index contributed by atoms with van der Waals surface area (Å²) in [6, 6.07) is 15.7. The minimum Gasteiger partial charge on any atom is -0.477 e. The van der Waals surface area contributed by atoms with Crippen LogP contribution in [0, 0.1) is 11.3 Å². The van der Waals surface area contributed by atoms with Crippen molar-refractivity contribution in [3.05, 3.63) is 59.8 Å². The van der Waals surface area contributed by atoms with Crippen LogP contribution in [0.1, 0.15) is 31.4 Å². The van der Waals surface area contributed by atoms with Crippen LogP contribution >= 0.6 is 0 Å². The molecule has 1 aromatic carbocycles. The van der Waals surface area contributed by atoms with Gasteiger partial charge < -0.3 is 25.0 Å². The van der Waals surface area contributed by atoms with Gasteiger partial charge in [-0.15, -0.1) is 0 Å². The molecule has 0 spiro atoms. The molecule has 1 atom stereocenters. The van der Waals surface area contributed by atoms with Gasteiger partial charge in [-0.05, 0) is 55.7 Å². The molecule has 2 N–H and O–H groups in total. The van der Waals surface area contributed by atoms with Gasteiger partial charge in [-0.25, -0.2) is 14.8 Å². The summed E-state index contributed by atoms with van der Waals surface area (Å²) in [6.45, 7) is 7.56. The van der Waals surface area contributed by atoms with Gasteiger partial charge in [-0.3, -0.25) is 4.90 Å². The molecule has 2 amide bonds. The zero-order chi connectivity index (χ0) is 28.1. The molecule has 10 heteroatoms. The first-order chi connectivity index (χ1) is 19.6. The number of rotatable bonds is 8. The Bertz CT molecular complexity index is 1410. The molecule has 2 aromatic heterocycles. The molecule has 2 aliphatic heterocycles. The number of ether oxygens (including phenoxy) is 2. The first-order valence-electron chi connectivity index (χ1n) is 13.9. The highest BCUT2D eigenvalue weighted by Gasteiger charge is 2.36. The van der Waals surface area contributed by atoms with Crippen LogP contribution in [0.5, 0.6) is 11.8 Å². The van der Waals surface area contributed by atoms with Gasteiger partial charge in [0.2, 0.25) is 11.8 Å². The number of fused-ring (bicyclic) bond motifs is 1. The molecule has 3 aromatic rings. The predicted molar refractivity (Wildman–Crippen MR) is 154 cm³/mol. The molecule has 4 heterocycles. The number of nitriles is 1. The van der Waals surface area contributed by atoms with E-state index in [0.717, 1.165) is 35.3 Å². The average molecular weight is 542 g/mol. The number of nitrogens with zero attached hydrogens (tertiary/aromatic N) is 6. The molecule has 0 saturated carbocycles. The quantitative estimate of drug-likeness (QED) is 0.457. The monoisotopic (exact) mass is 541 g/mol. The molecule has 2 aliphatic rings. The first kappa shape index (κ1) is 27.2. The van der Waals surface area contributed by atoms with Crippen molar-refractivity contribution in [1.29, 1.82) is 5.26 Å². The molecular weight excluding hydrogens is 506 g/mol. The number of hydrogen-bond donors (Lipinski definition) is 1. The Labute approximate surface area is 234 Å². The number of pyridine rings is 2. The Morgan fingerprint density at radius 2 is 1.98 bits per heavy atom. The van der Waals surface area contributed by atoms with E-state index < -0.39 is 0 Å². The number of carbonyl (C=O) groups excluding carboxylic acids is 1. The Hall–Kier alpha value is -4.36. The molecule has 40 heavy (non-hydrogen) atoms. The smallest absolute Gasteiger partial charge is 0.324 e. The number of para-hydroxylation sites is 1. The van der Waals surface area contributed by atoms with Crippen LogP contribution in [-0.4, -0.2) is 72.9 Å². The van der Waals surface area contributed by atoms with Crippen LogP contribution < -0.4 is 25.0 Å². The maximum atomic E-state index is 13.7. The third-order valence-corrected chi connectivity index (χ3v) is 7.40. The molecule has 0 radical (unpaired) electrons. The zero-order valence-electron chi connectivity index (χ0n) is 23.0. The SMILES string of the molecule is CCOc1ncccc1-c1ccc(N2CCN(C(=O)N3CCc4cccc(C#N)c43)C[C@H]2CC)c(OCCN)n1. The molecule has 5 rings (SSSR count). The minimum absolute atomic E-state index is 0.0485. The van der Waals surface area contributed by atoms with E-state index in [0.29, 0.717) is 69.0 Å². The van der Waals surface area contributed by atoms with Crippen LogP contribution in [0.2, 0.25) is 0 Å². The van der Waals surface area contributed by atoms with Gasteiger partial charge in [0.15, 0.2) is 0 Å². The van der Waals surface area contributed by atoms with Crippen molar-refractivity contribution >= 4 is 17.4 Å². The number of benzene rings is 1. The van der Waals surface area contributed by atoms with Gasteiger partial charge in [-0.2, -0.15) is 5.26 Å². The number of hydrogen-bond acceptors (Lipinski definition) is 8. The molecule has 1 fully saturated rings. The van der Waals surface area contributed by atoms with Gasteiger partial charge in [0.1, 0.15) is 18.4 Å². The van der Waals surface area contributed by atoms with E-state index in [1.807, 2.05) is 48.2 Å². The van der Waals surface area contributed by atoms with Crippen molar-refractivity contribution in [3.63, 3.8) is 0 Å². The van der Waals surface area contributed by atoms with E-state index in [-0.39, 0.29) is 12.1 Å². The molecule has 0 bridgehead atoms. The number of urea groups is 1. The normalized spacial score (nSPS) is 16.4. The highest BCUT2D eigenvalue weighted by Crippen LogP contribution is 2.36. The van der Waals surface area contributed by atoms with Crippen LogP contribution in [0.25, 0.3) is 11.3 Å². The van der Waals surface area contributed by atoms with Gasteiger partial charge >= 0.3 is 6.03 Å². The fourth-order valence-corrected chi connectivity index (χ4v) is 5.50. The van der Waals surface area contributed by atoms with Crippen molar-refractivity contribution in [3.8, 4) is 29.1 Å². The fraction of sp³-hybridized carbons (Fsp3) is 0.400. The van der Waals surface area contributed by atoms with E-state index >= 15 is 0 Å². The third-order valence-electron chi connectivity index (χ3n) is 7.40. The maximum absolute atomic E-state index is 13.7. The molecule has 208 valence electrons. The Kier molecular flexibility index (Phi) is 8.31. The van der Waals surface area contributed by atoms with E-state index in [9.17, 15) is 10.1 Å². The summed E-state index contributed by atoms with van der Waals surface area (Å²) in [5, 5.41) is 9.63. The van der Waals surface area contributed by atoms with Crippen molar-refractivity contribution < 1.29 is 14.3 Å². The average Bonchev–Trinajstić information content (AvgIpc) is 3.44. The third kappa shape index (κ3) is 5.25. The Morgan fingerprint density at radius 1 is 1.10 bits per heavy atom. The van der Waals surface area contributed by atoms with Crippen molar-refractivity contribution in [2.24, 2.45) is 5.73 Å². The summed E-state index contributed by atoms with van der Waals surface area (Å²) in [7, 11) is 0. The summed E-state index contributed by atoms with van der Waals surface area (Å²) in [4.78, 5) is 28.9.